The molecule has 0 bridgehead atoms. The highest BCUT2D eigenvalue weighted by Gasteiger charge is 2.19. The number of rotatable bonds is 2. The van der Waals surface area contributed by atoms with Crippen molar-refractivity contribution in [3.8, 4) is 11.8 Å². The summed E-state index contributed by atoms with van der Waals surface area (Å²) in [6.45, 7) is 2.43. The van der Waals surface area contributed by atoms with Gasteiger partial charge in [-0.15, -0.1) is 0 Å². The Balaban J connectivity index is 2.27. The summed E-state index contributed by atoms with van der Waals surface area (Å²) in [5.74, 6) is 0.515. The van der Waals surface area contributed by atoms with Crippen molar-refractivity contribution < 1.29 is 9.84 Å². The topological polar surface area (TPSA) is 53.2 Å². The molecule has 0 aromatic heterocycles. The van der Waals surface area contributed by atoms with E-state index in [0.29, 0.717) is 6.61 Å². The minimum Gasteiger partial charge on any atom is -0.493 e. The van der Waals surface area contributed by atoms with Gasteiger partial charge in [0, 0.05) is 6.42 Å². The van der Waals surface area contributed by atoms with Crippen LogP contribution in [-0.4, -0.2) is 11.7 Å². The van der Waals surface area contributed by atoms with Crippen molar-refractivity contribution in [3.05, 3.63) is 29.3 Å². The molecule has 1 aliphatic heterocycles. The van der Waals surface area contributed by atoms with E-state index in [1.807, 2.05) is 24.3 Å². The van der Waals surface area contributed by atoms with E-state index in [-0.39, 0.29) is 5.92 Å². The molecule has 2 unspecified atom stereocenters. The Bertz CT molecular complexity index is 409. The Hall–Kier alpha value is -1.53. The van der Waals surface area contributed by atoms with E-state index in [4.69, 9.17) is 10.00 Å². The molecule has 2 rings (SSSR count). The summed E-state index contributed by atoms with van der Waals surface area (Å²) in [6.07, 6.45) is 0.178. The van der Waals surface area contributed by atoms with Gasteiger partial charge in [-0.25, -0.2) is 0 Å². The zero-order valence-corrected chi connectivity index (χ0v) is 8.60. The molecule has 0 saturated carbocycles. The molecule has 0 fully saturated rings. The predicted octanol–water partition coefficient (Wildman–Crippen LogP) is 1.81. The number of hydrogen-bond donors (Lipinski definition) is 1. The number of fused-ring (bicyclic) bond motifs is 1. The van der Waals surface area contributed by atoms with Gasteiger partial charge in [0.1, 0.15) is 5.75 Å². The summed E-state index contributed by atoms with van der Waals surface area (Å²) in [5.41, 5.74) is 1.92. The Kier molecular flexibility index (Phi) is 2.61. The third-order valence-corrected chi connectivity index (χ3v) is 2.73. The lowest BCUT2D eigenvalue weighted by Crippen LogP contribution is -2.07. The Morgan fingerprint density at radius 1 is 1.53 bits per heavy atom. The number of aliphatic hydroxyl groups excluding tert-OH is 1. The third kappa shape index (κ3) is 1.81. The fourth-order valence-corrected chi connectivity index (χ4v) is 1.75. The van der Waals surface area contributed by atoms with Gasteiger partial charge >= 0.3 is 0 Å². The molecular formula is C12H13NO2. The highest BCUT2D eigenvalue weighted by atomic mass is 16.5. The first-order valence-electron chi connectivity index (χ1n) is 5.05. The van der Waals surface area contributed by atoms with E-state index < -0.39 is 6.10 Å². The largest absolute Gasteiger partial charge is 0.493 e. The Morgan fingerprint density at radius 2 is 2.33 bits per heavy atom. The fraction of sp³-hybridized carbons (Fsp3) is 0.417. The second-order valence-corrected chi connectivity index (χ2v) is 3.83. The maximum absolute atomic E-state index is 9.86. The molecule has 1 N–H and O–H groups in total. The molecular weight excluding hydrogens is 190 g/mol. The lowest BCUT2D eigenvalue weighted by atomic mass is 9.96. The first kappa shape index (κ1) is 10.0. The fourth-order valence-electron chi connectivity index (χ4n) is 1.75. The number of nitrogens with zero attached hydrogens (tertiary/aromatic N) is 1. The lowest BCUT2D eigenvalue weighted by molar-refractivity contribution is 0.142. The van der Waals surface area contributed by atoms with Crippen molar-refractivity contribution in [2.45, 2.75) is 19.4 Å². The van der Waals surface area contributed by atoms with Crippen molar-refractivity contribution in [2.24, 2.45) is 5.92 Å². The number of hydrogen-bond acceptors (Lipinski definition) is 3. The lowest BCUT2D eigenvalue weighted by Gasteiger charge is -2.13. The van der Waals surface area contributed by atoms with Gasteiger partial charge in [-0.2, -0.15) is 5.26 Å². The van der Waals surface area contributed by atoms with Gasteiger partial charge in [-0.3, -0.25) is 0 Å². The predicted molar refractivity (Wildman–Crippen MR) is 55.4 cm³/mol. The summed E-state index contributed by atoms with van der Waals surface area (Å²) in [5, 5.41) is 18.6. The molecule has 0 spiro atoms. The van der Waals surface area contributed by atoms with Crippen molar-refractivity contribution >= 4 is 0 Å². The third-order valence-electron chi connectivity index (χ3n) is 2.73. The van der Waals surface area contributed by atoms with Crippen molar-refractivity contribution in [3.63, 3.8) is 0 Å². The van der Waals surface area contributed by atoms with Crippen molar-refractivity contribution in [1.29, 1.82) is 5.26 Å². The average molecular weight is 203 g/mol. The molecule has 1 heterocycles. The van der Waals surface area contributed by atoms with Crippen molar-refractivity contribution in [2.75, 3.05) is 6.61 Å². The first-order valence-corrected chi connectivity index (χ1v) is 5.05. The monoisotopic (exact) mass is 203 g/mol. The SMILES string of the molecule is CC(C#N)C(O)c1ccc2c(c1)CCO2. The molecule has 1 aromatic rings. The van der Waals surface area contributed by atoms with E-state index in [9.17, 15) is 5.11 Å². The summed E-state index contributed by atoms with van der Waals surface area (Å²) in [4.78, 5) is 0. The quantitative estimate of drug-likeness (QED) is 0.797. The van der Waals surface area contributed by atoms with E-state index in [0.717, 1.165) is 23.3 Å². The maximum Gasteiger partial charge on any atom is 0.122 e. The van der Waals surface area contributed by atoms with E-state index in [1.165, 1.54) is 0 Å². The van der Waals surface area contributed by atoms with E-state index in [1.54, 1.807) is 6.92 Å². The van der Waals surface area contributed by atoms with Crippen LogP contribution in [0.15, 0.2) is 18.2 Å². The van der Waals surface area contributed by atoms with Gasteiger partial charge in [0.05, 0.1) is 24.7 Å². The number of benzene rings is 1. The summed E-state index contributed by atoms with van der Waals surface area (Å²) < 4.78 is 5.37. The summed E-state index contributed by atoms with van der Waals surface area (Å²) in [6, 6.07) is 7.67. The van der Waals surface area contributed by atoms with Crippen LogP contribution in [0, 0.1) is 17.2 Å². The van der Waals surface area contributed by atoms with Crippen LogP contribution in [-0.2, 0) is 6.42 Å². The number of ether oxygens (including phenoxy) is 1. The molecule has 15 heavy (non-hydrogen) atoms. The minimum atomic E-state index is -0.708. The Morgan fingerprint density at radius 3 is 3.07 bits per heavy atom. The molecule has 0 amide bonds. The van der Waals surface area contributed by atoms with Gasteiger partial charge in [0.25, 0.3) is 0 Å². The van der Waals surface area contributed by atoms with Crippen LogP contribution in [0.4, 0.5) is 0 Å². The maximum atomic E-state index is 9.86. The normalized spacial score (nSPS) is 17.4. The van der Waals surface area contributed by atoms with Crippen LogP contribution in [0.2, 0.25) is 0 Å². The molecule has 3 heteroatoms. The zero-order chi connectivity index (χ0) is 10.8. The highest BCUT2D eigenvalue weighted by molar-refractivity contribution is 5.40. The van der Waals surface area contributed by atoms with Crippen LogP contribution in [0.1, 0.15) is 24.2 Å². The van der Waals surface area contributed by atoms with Crippen LogP contribution < -0.4 is 4.74 Å². The zero-order valence-electron chi connectivity index (χ0n) is 8.60. The smallest absolute Gasteiger partial charge is 0.122 e. The second-order valence-electron chi connectivity index (χ2n) is 3.83. The molecule has 0 saturated heterocycles. The summed E-state index contributed by atoms with van der Waals surface area (Å²) >= 11 is 0. The highest BCUT2D eigenvalue weighted by Crippen LogP contribution is 2.30. The van der Waals surface area contributed by atoms with Crippen LogP contribution >= 0.6 is 0 Å². The van der Waals surface area contributed by atoms with Crippen LogP contribution in [0.5, 0.6) is 5.75 Å². The molecule has 3 nitrogen and oxygen atoms in total. The molecule has 78 valence electrons. The van der Waals surface area contributed by atoms with E-state index >= 15 is 0 Å². The molecule has 2 atom stereocenters. The van der Waals surface area contributed by atoms with Gasteiger partial charge in [0.2, 0.25) is 0 Å². The molecule has 0 radical (unpaired) electrons. The van der Waals surface area contributed by atoms with Crippen LogP contribution in [0.3, 0.4) is 0 Å². The number of aliphatic hydroxyl groups is 1. The van der Waals surface area contributed by atoms with Gasteiger partial charge in [0.15, 0.2) is 0 Å². The first-order chi connectivity index (χ1) is 7.22. The van der Waals surface area contributed by atoms with Crippen molar-refractivity contribution in [1.82, 2.24) is 0 Å². The van der Waals surface area contributed by atoms with Gasteiger partial charge in [-0.1, -0.05) is 6.07 Å². The average Bonchev–Trinajstić information content (AvgIpc) is 2.73. The van der Waals surface area contributed by atoms with Crippen LogP contribution in [0.25, 0.3) is 0 Å². The van der Waals surface area contributed by atoms with E-state index in [2.05, 4.69) is 0 Å². The molecule has 1 aromatic carbocycles. The Labute approximate surface area is 88.9 Å². The minimum absolute atomic E-state index is 0.384. The van der Waals surface area contributed by atoms with Gasteiger partial charge < -0.3 is 9.84 Å². The molecule has 0 aliphatic carbocycles. The molecule has 1 aliphatic rings. The standard InChI is InChI=1S/C12H13NO2/c1-8(7-13)12(14)10-2-3-11-9(6-10)4-5-15-11/h2-3,6,8,12,14H,4-5H2,1H3. The number of nitriles is 1. The van der Waals surface area contributed by atoms with Gasteiger partial charge in [-0.05, 0) is 30.2 Å². The summed E-state index contributed by atoms with van der Waals surface area (Å²) in [7, 11) is 0. The second kappa shape index (κ2) is 3.92.